The summed E-state index contributed by atoms with van der Waals surface area (Å²) in [5.41, 5.74) is 2.61. The number of aryl methyl sites for hydroxylation is 2. The first-order valence-corrected chi connectivity index (χ1v) is 11.5. The highest BCUT2D eigenvalue weighted by atomic mass is 35.5. The molecule has 3 rings (SSSR count). The highest BCUT2D eigenvalue weighted by Crippen LogP contribution is 2.23. The fraction of sp³-hybridized carbons (Fsp3) is 0.174. The molecule has 6 nitrogen and oxygen atoms in total. The van der Waals surface area contributed by atoms with Gasteiger partial charge in [-0.05, 0) is 56.3 Å². The summed E-state index contributed by atoms with van der Waals surface area (Å²) >= 11 is 6.22. The van der Waals surface area contributed by atoms with Gasteiger partial charge in [0.15, 0.2) is 0 Å². The molecule has 0 aliphatic carbocycles. The monoisotopic (exact) mass is 458 g/mol. The molecule has 0 aliphatic rings. The molecule has 0 radical (unpaired) electrons. The lowest BCUT2D eigenvalue weighted by Gasteiger charge is -2.11. The lowest BCUT2D eigenvalue weighted by Crippen LogP contribution is -2.28. The summed E-state index contributed by atoms with van der Waals surface area (Å²) in [6, 6.07) is 18.5. The van der Waals surface area contributed by atoms with Crippen LogP contribution in [0.1, 0.15) is 21.5 Å². The van der Waals surface area contributed by atoms with Crippen LogP contribution < -0.4 is 14.8 Å². The number of nitrogens with one attached hydrogen (secondary N) is 2. The molecule has 1 amide bonds. The maximum absolute atomic E-state index is 12.5. The fourth-order valence-electron chi connectivity index (χ4n) is 2.76. The van der Waals surface area contributed by atoms with Crippen molar-refractivity contribution in [2.75, 3.05) is 17.9 Å². The highest BCUT2D eigenvalue weighted by molar-refractivity contribution is 7.92. The topological polar surface area (TPSA) is 84.5 Å². The zero-order valence-electron chi connectivity index (χ0n) is 17.2. The van der Waals surface area contributed by atoms with E-state index in [0.717, 1.165) is 16.9 Å². The van der Waals surface area contributed by atoms with Gasteiger partial charge in [0.2, 0.25) is 0 Å². The number of hydrogen-bond acceptors (Lipinski definition) is 4. The van der Waals surface area contributed by atoms with Crippen molar-refractivity contribution in [2.24, 2.45) is 0 Å². The van der Waals surface area contributed by atoms with Crippen LogP contribution in [0.2, 0.25) is 5.02 Å². The van der Waals surface area contributed by atoms with E-state index in [-0.39, 0.29) is 27.1 Å². The summed E-state index contributed by atoms with van der Waals surface area (Å²) in [6.07, 6.45) is 0. The average molecular weight is 459 g/mol. The zero-order valence-corrected chi connectivity index (χ0v) is 18.8. The predicted octanol–water partition coefficient (Wildman–Crippen LogP) is 4.57. The second-order valence-corrected chi connectivity index (χ2v) is 9.12. The van der Waals surface area contributed by atoms with Gasteiger partial charge in [-0.25, -0.2) is 8.42 Å². The summed E-state index contributed by atoms with van der Waals surface area (Å²) in [4.78, 5) is 12.5. The summed E-state index contributed by atoms with van der Waals surface area (Å²) in [5, 5.41) is 2.87. The average Bonchev–Trinajstić information content (AvgIpc) is 2.72. The molecule has 2 N–H and O–H groups in total. The summed E-state index contributed by atoms with van der Waals surface area (Å²) in [6.45, 7) is 4.47. The van der Waals surface area contributed by atoms with Gasteiger partial charge >= 0.3 is 0 Å². The quantitative estimate of drug-likeness (QED) is 0.484. The largest absolute Gasteiger partial charge is 0.492 e. The fourth-order valence-corrected chi connectivity index (χ4v) is 4.07. The third kappa shape index (κ3) is 6.23. The van der Waals surface area contributed by atoms with Gasteiger partial charge in [-0.15, -0.1) is 0 Å². The molecule has 8 heteroatoms. The van der Waals surface area contributed by atoms with Crippen molar-refractivity contribution in [1.82, 2.24) is 5.32 Å². The summed E-state index contributed by atoms with van der Waals surface area (Å²) in [5.74, 6) is 0.355. The van der Waals surface area contributed by atoms with E-state index >= 15 is 0 Å². The van der Waals surface area contributed by atoms with Crippen LogP contribution in [0.15, 0.2) is 71.6 Å². The summed E-state index contributed by atoms with van der Waals surface area (Å²) in [7, 11) is -3.75. The standard InChI is InChI=1S/C23H23ClN2O4S/c1-16-3-8-19(9-4-16)30-14-13-25-23(27)21-12-7-18(15-22(21)24)26-31(28,29)20-10-5-17(2)6-11-20/h3-12,15,26H,13-14H2,1-2H3,(H,25,27). The molecule has 0 saturated heterocycles. The van der Waals surface area contributed by atoms with Crippen LogP contribution in [0, 0.1) is 13.8 Å². The lowest BCUT2D eigenvalue weighted by molar-refractivity contribution is 0.0947. The van der Waals surface area contributed by atoms with E-state index in [9.17, 15) is 13.2 Å². The van der Waals surface area contributed by atoms with Crippen LogP contribution >= 0.6 is 11.6 Å². The van der Waals surface area contributed by atoms with E-state index in [0.29, 0.717) is 13.2 Å². The van der Waals surface area contributed by atoms with Crippen molar-refractivity contribution in [1.29, 1.82) is 0 Å². The molecule has 0 aliphatic heterocycles. The SMILES string of the molecule is Cc1ccc(OCCNC(=O)c2ccc(NS(=O)(=O)c3ccc(C)cc3)cc2Cl)cc1. The van der Waals surface area contributed by atoms with E-state index in [1.165, 1.54) is 30.3 Å². The molecular weight excluding hydrogens is 436 g/mol. The summed E-state index contributed by atoms with van der Waals surface area (Å²) < 4.78 is 33.1. The zero-order chi connectivity index (χ0) is 22.4. The Morgan fingerprint density at radius 1 is 0.935 bits per heavy atom. The molecule has 162 valence electrons. The minimum atomic E-state index is -3.75. The van der Waals surface area contributed by atoms with Crippen LogP contribution in [0.25, 0.3) is 0 Å². The van der Waals surface area contributed by atoms with Gasteiger partial charge in [0, 0.05) is 0 Å². The number of rotatable bonds is 8. The Kier molecular flexibility index (Phi) is 7.20. The number of carbonyl (C=O) groups excluding carboxylic acids is 1. The van der Waals surface area contributed by atoms with Gasteiger partial charge in [-0.3, -0.25) is 9.52 Å². The Morgan fingerprint density at radius 3 is 2.16 bits per heavy atom. The Bertz CT molecular complexity index is 1160. The van der Waals surface area contributed by atoms with Crippen LogP contribution in [-0.2, 0) is 10.0 Å². The first-order valence-electron chi connectivity index (χ1n) is 9.61. The van der Waals surface area contributed by atoms with E-state index in [1.54, 1.807) is 12.1 Å². The van der Waals surface area contributed by atoms with Gasteiger partial charge in [-0.1, -0.05) is 47.0 Å². The Hall–Kier alpha value is -3.03. The smallest absolute Gasteiger partial charge is 0.261 e. The van der Waals surface area contributed by atoms with Crippen molar-refractivity contribution in [3.8, 4) is 5.75 Å². The third-order valence-electron chi connectivity index (χ3n) is 4.47. The lowest BCUT2D eigenvalue weighted by atomic mass is 10.2. The molecule has 0 atom stereocenters. The van der Waals surface area contributed by atoms with E-state index < -0.39 is 10.0 Å². The second-order valence-electron chi connectivity index (χ2n) is 7.03. The molecule has 0 saturated carbocycles. The Labute approximate surface area is 187 Å². The van der Waals surface area contributed by atoms with Gasteiger partial charge in [0.25, 0.3) is 15.9 Å². The van der Waals surface area contributed by atoms with Crippen molar-refractivity contribution in [2.45, 2.75) is 18.7 Å². The van der Waals surface area contributed by atoms with Crippen molar-refractivity contribution >= 4 is 33.2 Å². The Balaban J connectivity index is 1.57. The molecule has 31 heavy (non-hydrogen) atoms. The first kappa shape index (κ1) is 22.7. The number of anilines is 1. The number of benzene rings is 3. The van der Waals surface area contributed by atoms with Gasteiger partial charge in [0.05, 0.1) is 27.7 Å². The number of carbonyl (C=O) groups is 1. The number of hydrogen-bond donors (Lipinski definition) is 2. The van der Waals surface area contributed by atoms with Crippen LogP contribution in [0.3, 0.4) is 0 Å². The van der Waals surface area contributed by atoms with E-state index in [1.807, 2.05) is 38.1 Å². The first-order chi connectivity index (χ1) is 14.7. The molecule has 0 fully saturated rings. The maximum atomic E-state index is 12.5. The minimum absolute atomic E-state index is 0.140. The number of ether oxygens (including phenoxy) is 1. The van der Waals surface area contributed by atoms with E-state index in [4.69, 9.17) is 16.3 Å². The molecule has 0 unspecified atom stereocenters. The minimum Gasteiger partial charge on any atom is -0.492 e. The molecule has 3 aromatic carbocycles. The van der Waals surface area contributed by atoms with Gasteiger partial charge < -0.3 is 10.1 Å². The van der Waals surface area contributed by atoms with Crippen molar-refractivity contribution in [3.63, 3.8) is 0 Å². The number of amides is 1. The number of sulfonamides is 1. The molecule has 0 spiro atoms. The molecule has 3 aromatic rings. The van der Waals surface area contributed by atoms with Crippen LogP contribution in [0.4, 0.5) is 5.69 Å². The number of halogens is 1. The Morgan fingerprint density at radius 2 is 1.55 bits per heavy atom. The third-order valence-corrected chi connectivity index (χ3v) is 6.18. The molecule has 0 aromatic heterocycles. The molecule has 0 bridgehead atoms. The van der Waals surface area contributed by atoms with Crippen LogP contribution in [0.5, 0.6) is 5.75 Å². The predicted molar refractivity (Wildman–Crippen MR) is 122 cm³/mol. The van der Waals surface area contributed by atoms with Crippen LogP contribution in [-0.4, -0.2) is 27.5 Å². The normalized spacial score (nSPS) is 11.1. The maximum Gasteiger partial charge on any atom is 0.261 e. The highest BCUT2D eigenvalue weighted by Gasteiger charge is 2.16. The van der Waals surface area contributed by atoms with Crippen molar-refractivity contribution < 1.29 is 17.9 Å². The molecular formula is C23H23ClN2O4S. The van der Waals surface area contributed by atoms with E-state index in [2.05, 4.69) is 10.0 Å². The second kappa shape index (κ2) is 9.85. The molecule has 0 heterocycles. The van der Waals surface area contributed by atoms with Gasteiger partial charge in [0.1, 0.15) is 12.4 Å². The van der Waals surface area contributed by atoms with Crippen molar-refractivity contribution in [3.05, 3.63) is 88.4 Å². The van der Waals surface area contributed by atoms with Gasteiger partial charge in [-0.2, -0.15) is 0 Å².